The van der Waals surface area contributed by atoms with Gasteiger partial charge in [-0.15, -0.1) is 10.2 Å². The number of benzene rings is 3. The Labute approximate surface area is 158 Å². The molecule has 0 atom stereocenters. The molecule has 3 aromatic carbocycles. The van der Waals surface area contributed by atoms with E-state index in [-0.39, 0.29) is 12.4 Å². The largest absolute Gasteiger partial charge is 1.00 e. The Morgan fingerprint density at radius 3 is 1.92 bits per heavy atom. The van der Waals surface area contributed by atoms with Gasteiger partial charge in [0.15, 0.2) is 0 Å². The molecule has 1 heterocycles. The van der Waals surface area contributed by atoms with Crippen molar-refractivity contribution in [2.45, 2.75) is 0 Å². The van der Waals surface area contributed by atoms with Gasteiger partial charge in [-0.2, -0.15) is 10.7 Å². The van der Waals surface area contributed by atoms with Crippen LogP contribution in [-0.4, -0.2) is 5.84 Å². The molecule has 6 heteroatoms. The van der Waals surface area contributed by atoms with Gasteiger partial charge in [0.05, 0.1) is 22.9 Å². The van der Waals surface area contributed by atoms with E-state index >= 15 is 0 Å². The van der Waals surface area contributed by atoms with Gasteiger partial charge in [0.2, 0.25) is 0 Å². The van der Waals surface area contributed by atoms with Gasteiger partial charge >= 0.3 is 0 Å². The van der Waals surface area contributed by atoms with Gasteiger partial charge in [0.25, 0.3) is 5.84 Å². The number of hydrazine groups is 1. The van der Waals surface area contributed by atoms with Crippen LogP contribution in [0.25, 0.3) is 0 Å². The molecule has 0 aliphatic carbocycles. The van der Waals surface area contributed by atoms with Crippen molar-refractivity contribution in [3.8, 4) is 6.07 Å². The standard InChI is InChI=1S/C20H15N5.ClH/c21-15-16-11-13-17(14-12-16)20-22-24(18-7-3-1-4-8-18)25(23-20)19-9-5-2-6-10-19;/h1-14H,(H,22,23);1H. The third-order valence-corrected chi connectivity index (χ3v) is 3.97. The molecule has 0 bridgehead atoms. The van der Waals surface area contributed by atoms with E-state index in [2.05, 4.69) is 6.07 Å². The zero-order valence-corrected chi connectivity index (χ0v) is 14.6. The van der Waals surface area contributed by atoms with Crippen LogP contribution < -0.4 is 28.1 Å². The molecule has 0 aromatic heterocycles. The monoisotopic (exact) mass is 361 g/mol. The van der Waals surface area contributed by atoms with Crippen LogP contribution >= 0.6 is 0 Å². The number of amidine groups is 1. The fourth-order valence-corrected chi connectivity index (χ4v) is 2.70. The molecule has 0 fully saturated rings. The van der Waals surface area contributed by atoms with Gasteiger partial charge in [-0.1, -0.05) is 41.5 Å². The summed E-state index contributed by atoms with van der Waals surface area (Å²) in [6.07, 6.45) is 0. The summed E-state index contributed by atoms with van der Waals surface area (Å²) in [7, 11) is 0. The molecule has 1 aliphatic heterocycles. The number of hydrogen-bond acceptors (Lipinski definition) is 4. The minimum atomic E-state index is 0. The maximum atomic E-state index is 8.97. The summed E-state index contributed by atoms with van der Waals surface area (Å²) in [4.78, 5) is 0. The molecule has 3 aromatic rings. The lowest BCUT2D eigenvalue weighted by molar-refractivity contribution is -0.545. The number of anilines is 2. The first-order valence-electron chi connectivity index (χ1n) is 7.98. The number of nitrogens with two attached hydrogens (primary N) is 1. The highest BCUT2D eigenvalue weighted by atomic mass is 35.5. The lowest BCUT2D eigenvalue weighted by Crippen LogP contribution is -3.00. The minimum absolute atomic E-state index is 0. The van der Waals surface area contributed by atoms with Crippen molar-refractivity contribution in [1.29, 1.82) is 5.26 Å². The summed E-state index contributed by atoms with van der Waals surface area (Å²) in [6.45, 7) is 0. The maximum Gasteiger partial charge on any atom is 0.277 e. The Morgan fingerprint density at radius 1 is 0.769 bits per heavy atom. The van der Waals surface area contributed by atoms with Crippen LogP contribution in [0.15, 0.2) is 90.0 Å². The molecule has 4 rings (SSSR count). The highest BCUT2D eigenvalue weighted by Crippen LogP contribution is 2.22. The van der Waals surface area contributed by atoms with E-state index in [1.165, 1.54) is 0 Å². The second kappa shape index (κ2) is 7.70. The fraction of sp³-hybridized carbons (Fsp3) is 0. The molecule has 0 spiro atoms. The molecule has 0 radical (unpaired) electrons. The third-order valence-electron chi connectivity index (χ3n) is 3.97. The van der Waals surface area contributed by atoms with Crippen molar-refractivity contribution in [3.05, 3.63) is 96.1 Å². The van der Waals surface area contributed by atoms with E-state index < -0.39 is 0 Å². The van der Waals surface area contributed by atoms with Crippen LogP contribution in [0.1, 0.15) is 11.1 Å². The Hall–Kier alpha value is -3.33. The van der Waals surface area contributed by atoms with Crippen LogP contribution in [0.5, 0.6) is 0 Å². The minimum Gasteiger partial charge on any atom is -1.00 e. The Kier molecular flexibility index (Phi) is 5.18. The summed E-state index contributed by atoms with van der Waals surface area (Å²) in [5.41, 5.74) is 5.62. The lowest BCUT2D eigenvalue weighted by Gasteiger charge is -2.23. The van der Waals surface area contributed by atoms with E-state index in [1.807, 2.05) is 101 Å². The molecule has 26 heavy (non-hydrogen) atoms. The number of para-hydroxylation sites is 2. The number of hydrogen-bond donors (Lipinski definition) is 1. The maximum absolute atomic E-state index is 8.97. The van der Waals surface area contributed by atoms with E-state index in [4.69, 9.17) is 10.4 Å². The smallest absolute Gasteiger partial charge is 0.277 e. The highest BCUT2D eigenvalue weighted by Gasteiger charge is 2.30. The average Bonchev–Trinajstić information content (AvgIpc) is 3.15. The second-order valence-corrected chi connectivity index (χ2v) is 5.61. The third kappa shape index (κ3) is 3.38. The molecule has 2 N–H and O–H groups in total. The number of nitrogens with zero attached hydrogens (tertiary/aromatic N) is 4. The number of halogens is 1. The van der Waals surface area contributed by atoms with Gasteiger partial charge in [-0.3, -0.25) is 0 Å². The number of hydrazone groups is 1. The molecular weight excluding hydrogens is 346 g/mol. The molecule has 0 amide bonds. The van der Waals surface area contributed by atoms with Gasteiger partial charge in [-0.05, 0) is 48.5 Å². The Morgan fingerprint density at radius 2 is 1.35 bits per heavy atom. The molecular formula is C20H16ClN5. The topological polar surface area (TPSA) is 59.2 Å². The Bertz CT molecular complexity index is 933. The molecule has 1 aliphatic rings. The highest BCUT2D eigenvalue weighted by molar-refractivity contribution is 5.94. The van der Waals surface area contributed by atoms with E-state index in [1.54, 1.807) is 0 Å². The second-order valence-electron chi connectivity index (χ2n) is 5.61. The number of nitriles is 1. The van der Waals surface area contributed by atoms with Gasteiger partial charge in [-0.25, -0.2) is 0 Å². The summed E-state index contributed by atoms with van der Waals surface area (Å²) in [6, 6.07) is 29.7. The first-order chi connectivity index (χ1) is 12.3. The van der Waals surface area contributed by atoms with Crippen molar-refractivity contribution in [2.24, 2.45) is 5.10 Å². The molecule has 128 valence electrons. The summed E-state index contributed by atoms with van der Waals surface area (Å²) >= 11 is 0. The van der Waals surface area contributed by atoms with Crippen molar-refractivity contribution in [2.75, 3.05) is 10.2 Å². The van der Waals surface area contributed by atoms with Crippen molar-refractivity contribution >= 4 is 17.2 Å². The predicted molar refractivity (Wildman–Crippen MR) is 97.5 cm³/mol. The van der Waals surface area contributed by atoms with E-state index in [9.17, 15) is 0 Å². The number of rotatable bonds is 3. The van der Waals surface area contributed by atoms with Crippen molar-refractivity contribution < 1.29 is 17.8 Å². The van der Waals surface area contributed by atoms with Crippen LogP contribution in [0.2, 0.25) is 0 Å². The lowest BCUT2D eigenvalue weighted by atomic mass is 10.1. The molecule has 0 saturated carbocycles. The van der Waals surface area contributed by atoms with Crippen LogP contribution in [0.3, 0.4) is 0 Å². The predicted octanol–water partition coefficient (Wildman–Crippen LogP) is -0.356. The Balaban J connectivity index is 0.00000196. The van der Waals surface area contributed by atoms with Gasteiger partial charge in [0.1, 0.15) is 5.69 Å². The summed E-state index contributed by atoms with van der Waals surface area (Å²) in [5, 5.41) is 17.6. The number of quaternary nitrogens is 1. The molecule has 0 saturated heterocycles. The molecule has 0 unspecified atom stereocenters. The SMILES string of the molecule is N#Cc1ccc(C2=NN(c3ccccc3)N(c3ccccc3)[NH2+]2)cc1.[Cl-]. The first-order valence-corrected chi connectivity index (χ1v) is 7.98. The van der Waals surface area contributed by atoms with Crippen molar-refractivity contribution in [1.82, 2.24) is 0 Å². The van der Waals surface area contributed by atoms with Crippen molar-refractivity contribution in [3.63, 3.8) is 0 Å². The summed E-state index contributed by atoms with van der Waals surface area (Å²) < 4.78 is 0. The first kappa shape index (κ1) is 17.5. The van der Waals surface area contributed by atoms with E-state index in [0.717, 1.165) is 22.8 Å². The fourth-order valence-electron chi connectivity index (χ4n) is 2.70. The van der Waals surface area contributed by atoms with Gasteiger partial charge in [0, 0.05) is 0 Å². The zero-order valence-electron chi connectivity index (χ0n) is 13.8. The summed E-state index contributed by atoms with van der Waals surface area (Å²) in [5.74, 6) is 0.845. The van der Waals surface area contributed by atoms with Crippen LogP contribution in [0, 0.1) is 11.3 Å². The zero-order chi connectivity index (χ0) is 17.1. The average molecular weight is 362 g/mol. The van der Waals surface area contributed by atoms with Crippen LogP contribution in [0.4, 0.5) is 11.4 Å². The quantitative estimate of drug-likeness (QED) is 0.648. The molecule has 5 nitrogen and oxygen atoms in total. The van der Waals surface area contributed by atoms with Gasteiger partial charge < -0.3 is 12.4 Å². The normalized spacial score (nSPS) is 13.0. The van der Waals surface area contributed by atoms with Crippen LogP contribution in [-0.2, 0) is 0 Å². The van der Waals surface area contributed by atoms with E-state index in [0.29, 0.717) is 5.56 Å².